The zero-order valence-corrected chi connectivity index (χ0v) is 13.9. The molecule has 2 aliphatic rings. The molecule has 118 valence electrons. The highest BCUT2D eigenvalue weighted by atomic mass is 15.2. The highest BCUT2D eigenvalue weighted by molar-refractivity contribution is 4.84. The fourth-order valence-corrected chi connectivity index (χ4v) is 3.86. The van der Waals surface area contributed by atoms with Crippen LogP contribution in [0, 0.1) is 5.92 Å². The third-order valence-electron chi connectivity index (χ3n) is 4.97. The van der Waals surface area contributed by atoms with Crippen molar-refractivity contribution in [1.29, 1.82) is 0 Å². The van der Waals surface area contributed by atoms with E-state index >= 15 is 0 Å². The van der Waals surface area contributed by atoms with Crippen molar-refractivity contribution in [3.8, 4) is 0 Å². The SMILES string of the molecule is CCN1CCCC(N(CC(C)C)CC2CCCN2)CC1. The number of hydrogen-bond acceptors (Lipinski definition) is 3. The second-order valence-electron chi connectivity index (χ2n) is 7.16. The van der Waals surface area contributed by atoms with E-state index in [1.807, 2.05) is 0 Å². The van der Waals surface area contributed by atoms with E-state index < -0.39 is 0 Å². The van der Waals surface area contributed by atoms with Crippen LogP contribution in [-0.2, 0) is 0 Å². The molecule has 2 heterocycles. The van der Waals surface area contributed by atoms with Gasteiger partial charge in [0.25, 0.3) is 0 Å². The minimum absolute atomic E-state index is 0.749. The largest absolute Gasteiger partial charge is 0.313 e. The Morgan fingerprint density at radius 2 is 2.00 bits per heavy atom. The van der Waals surface area contributed by atoms with E-state index in [1.54, 1.807) is 0 Å². The lowest BCUT2D eigenvalue weighted by Crippen LogP contribution is -2.45. The second kappa shape index (κ2) is 8.35. The van der Waals surface area contributed by atoms with Gasteiger partial charge in [-0.1, -0.05) is 20.8 Å². The fourth-order valence-electron chi connectivity index (χ4n) is 3.86. The molecule has 0 saturated carbocycles. The molecule has 0 bridgehead atoms. The number of hydrogen-bond donors (Lipinski definition) is 1. The summed E-state index contributed by atoms with van der Waals surface area (Å²) in [6.07, 6.45) is 6.89. The van der Waals surface area contributed by atoms with Gasteiger partial charge in [-0.15, -0.1) is 0 Å². The zero-order chi connectivity index (χ0) is 14.4. The predicted octanol–water partition coefficient (Wildman–Crippen LogP) is 2.57. The third-order valence-corrected chi connectivity index (χ3v) is 4.97. The molecule has 2 aliphatic heterocycles. The molecule has 0 spiro atoms. The van der Waals surface area contributed by atoms with Gasteiger partial charge in [0.05, 0.1) is 0 Å². The summed E-state index contributed by atoms with van der Waals surface area (Å²) in [6, 6.07) is 1.57. The van der Waals surface area contributed by atoms with E-state index in [1.165, 1.54) is 71.4 Å². The Balaban J connectivity index is 1.90. The molecule has 0 aromatic heterocycles. The van der Waals surface area contributed by atoms with E-state index in [4.69, 9.17) is 0 Å². The maximum atomic E-state index is 3.68. The van der Waals surface area contributed by atoms with Gasteiger partial charge in [-0.05, 0) is 64.2 Å². The Morgan fingerprint density at radius 1 is 1.15 bits per heavy atom. The maximum Gasteiger partial charge on any atom is 0.0195 e. The molecular formula is C17H35N3. The van der Waals surface area contributed by atoms with E-state index in [0.29, 0.717) is 0 Å². The lowest BCUT2D eigenvalue weighted by molar-refractivity contribution is 0.146. The number of nitrogens with one attached hydrogen (secondary N) is 1. The highest BCUT2D eigenvalue weighted by Gasteiger charge is 2.26. The zero-order valence-electron chi connectivity index (χ0n) is 13.9. The van der Waals surface area contributed by atoms with E-state index in [0.717, 1.165) is 18.0 Å². The summed E-state index contributed by atoms with van der Waals surface area (Å²) in [5.74, 6) is 0.780. The molecular weight excluding hydrogens is 246 g/mol. The molecule has 0 radical (unpaired) electrons. The minimum Gasteiger partial charge on any atom is -0.313 e. The molecule has 2 unspecified atom stereocenters. The fraction of sp³-hybridized carbons (Fsp3) is 1.00. The van der Waals surface area contributed by atoms with E-state index in [9.17, 15) is 0 Å². The standard InChI is InChI=1S/C17H35N3/c1-4-19-11-6-8-17(9-12-19)20(13-15(2)3)14-16-7-5-10-18-16/h15-18H,4-14H2,1-3H3. The smallest absolute Gasteiger partial charge is 0.0195 e. The molecule has 2 rings (SSSR count). The van der Waals surface area contributed by atoms with Crippen molar-refractivity contribution in [2.24, 2.45) is 5.92 Å². The van der Waals surface area contributed by atoms with Gasteiger partial charge >= 0.3 is 0 Å². The predicted molar refractivity (Wildman–Crippen MR) is 87.2 cm³/mol. The van der Waals surface area contributed by atoms with Gasteiger partial charge in [-0.2, -0.15) is 0 Å². The summed E-state index contributed by atoms with van der Waals surface area (Å²) in [4.78, 5) is 5.44. The Labute approximate surface area is 126 Å². The molecule has 1 N–H and O–H groups in total. The van der Waals surface area contributed by atoms with E-state index in [2.05, 4.69) is 35.9 Å². The average molecular weight is 281 g/mol. The van der Waals surface area contributed by atoms with Crippen molar-refractivity contribution >= 4 is 0 Å². The molecule has 3 nitrogen and oxygen atoms in total. The van der Waals surface area contributed by atoms with Crippen molar-refractivity contribution in [2.75, 3.05) is 39.3 Å². The van der Waals surface area contributed by atoms with Gasteiger partial charge in [0, 0.05) is 25.2 Å². The minimum atomic E-state index is 0.749. The molecule has 2 atom stereocenters. The maximum absolute atomic E-state index is 3.68. The number of likely N-dealkylation sites (tertiary alicyclic amines) is 1. The molecule has 0 aromatic carbocycles. The number of rotatable bonds is 6. The first kappa shape index (κ1) is 16.3. The summed E-state index contributed by atoms with van der Waals surface area (Å²) >= 11 is 0. The van der Waals surface area contributed by atoms with Crippen LogP contribution in [0.2, 0.25) is 0 Å². The van der Waals surface area contributed by atoms with Crippen molar-refractivity contribution in [2.45, 2.75) is 65.0 Å². The van der Waals surface area contributed by atoms with Crippen LogP contribution in [0.3, 0.4) is 0 Å². The monoisotopic (exact) mass is 281 g/mol. The van der Waals surface area contributed by atoms with Gasteiger partial charge in [0.15, 0.2) is 0 Å². The third kappa shape index (κ3) is 5.01. The highest BCUT2D eigenvalue weighted by Crippen LogP contribution is 2.20. The number of nitrogens with zero attached hydrogens (tertiary/aromatic N) is 2. The van der Waals surface area contributed by atoms with Crippen LogP contribution in [-0.4, -0.2) is 61.2 Å². The molecule has 2 fully saturated rings. The molecule has 3 heteroatoms. The summed E-state index contributed by atoms with van der Waals surface area (Å²) < 4.78 is 0. The van der Waals surface area contributed by atoms with Crippen LogP contribution >= 0.6 is 0 Å². The van der Waals surface area contributed by atoms with Gasteiger partial charge < -0.3 is 10.2 Å². The van der Waals surface area contributed by atoms with Crippen LogP contribution in [0.25, 0.3) is 0 Å². The lowest BCUT2D eigenvalue weighted by atomic mass is 10.0. The van der Waals surface area contributed by atoms with Crippen LogP contribution in [0.4, 0.5) is 0 Å². The molecule has 0 aliphatic carbocycles. The van der Waals surface area contributed by atoms with Gasteiger partial charge in [-0.3, -0.25) is 4.90 Å². The van der Waals surface area contributed by atoms with Crippen molar-refractivity contribution in [3.63, 3.8) is 0 Å². The van der Waals surface area contributed by atoms with Crippen LogP contribution in [0.5, 0.6) is 0 Å². The van der Waals surface area contributed by atoms with Gasteiger partial charge in [0.2, 0.25) is 0 Å². The molecule has 20 heavy (non-hydrogen) atoms. The molecule has 0 amide bonds. The second-order valence-corrected chi connectivity index (χ2v) is 7.16. The van der Waals surface area contributed by atoms with Crippen LogP contribution in [0.15, 0.2) is 0 Å². The topological polar surface area (TPSA) is 18.5 Å². The summed E-state index contributed by atoms with van der Waals surface area (Å²) in [6.45, 7) is 14.6. The first-order valence-electron chi connectivity index (χ1n) is 8.88. The summed E-state index contributed by atoms with van der Waals surface area (Å²) in [7, 11) is 0. The summed E-state index contributed by atoms with van der Waals surface area (Å²) in [5.41, 5.74) is 0. The van der Waals surface area contributed by atoms with Gasteiger partial charge in [-0.25, -0.2) is 0 Å². The first-order chi connectivity index (χ1) is 9.69. The van der Waals surface area contributed by atoms with Crippen molar-refractivity contribution < 1.29 is 0 Å². The Morgan fingerprint density at radius 3 is 2.65 bits per heavy atom. The average Bonchev–Trinajstić information content (AvgIpc) is 2.80. The molecule has 2 saturated heterocycles. The quantitative estimate of drug-likeness (QED) is 0.807. The van der Waals surface area contributed by atoms with Crippen LogP contribution in [0.1, 0.15) is 52.9 Å². The first-order valence-corrected chi connectivity index (χ1v) is 8.88. The van der Waals surface area contributed by atoms with E-state index in [-0.39, 0.29) is 0 Å². The Hall–Kier alpha value is -0.120. The van der Waals surface area contributed by atoms with Crippen molar-refractivity contribution in [3.05, 3.63) is 0 Å². The van der Waals surface area contributed by atoms with Crippen LogP contribution < -0.4 is 5.32 Å². The lowest BCUT2D eigenvalue weighted by Gasteiger charge is -2.34. The Kier molecular flexibility index (Phi) is 6.79. The summed E-state index contributed by atoms with van der Waals surface area (Å²) in [5, 5.41) is 3.68. The Bertz CT molecular complexity index is 261. The van der Waals surface area contributed by atoms with Crippen molar-refractivity contribution in [1.82, 2.24) is 15.1 Å². The molecule has 0 aromatic rings. The van der Waals surface area contributed by atoms with Gasteiger partial charge in [0.1, 0.15) is 0 Å². The normalized spacial score (nSPS) is 29.2.